The highest BCUT2D eigenvalue weighted by Gasteiger charge is 2.30. The first-order valence-corrected chi connectivity index (χ1v) is 7.34. The minimum atomic E-state index is -0.113. The second kappa shape index (κ2) is 5.13. The first-order chi connectivity index (χ1) is 9.60. The average Bonchev–Trinajstić information content (AvgIpc) is 2.82. The average molecular weight is 292 g/mol. The van der Waals surface area contributed by atoms with Crippen LogP contribution in [0.15, 0.2) is 18.2 Å². The third-order valence-corrected chi connectivity index (χ3v) is 4.70. The molecule has 1 aliphatic carbocycles. The largest absolute Gasteiger partial charge is 0.469 e. The fourth-order valence-corrected chi connectivity index (χ4v) is 3.41. The summed E-state index contributed by atoms with van der Waals surface area (Å²) in [6, 6.07) is 5.95. The zero-order valence-corrected chi connectivity index (χ0v) is 12.5. The van der Waals surface area contributed by atoms with E-state index in [-0.39, 0.29) is 11.9 Å². The van der Waals surface area contributed by atoms with Crippen molar-refractivity contribution in [2.24, 2.45) is 11.8 Å². The van der Waals surface area contributed by atoms with Crippen molar-refractivity contribution in [1.29, 1.82) is 0 Å². The van der Waals surface area contributed by atoms with E-state index >= 15 is 0 Å². The van der Waals surface area contributed by atoms with Crippen LogP contribution in [0.3, 0.4) is 0 Å². The van der Waals surface area contributed by atoms with Gasteiger partial charge in [0, 0.05) is 21.6 Å². The van der Waals surface area contributed by atoms with E-state index in [1.807, 2.05) is 25.1 Å². The summed E-state index contributed by atoms with van der Waals surface area (Å²) in [5.41, 5.74) is 3.73. The fraction of sp³-hybridized carbons (Fsp3) is 0.438. The number of aromatic nitrogens is 1. The summed E-state index contributed by atoms with van der Waals surface area (Å²) < 4.78 is 4.86. The van der Waals surface area contributed by atoms with Crippen LogP contribution in [0.1, 0.15) is 24.6 Å². The highest BCUT2D eigenvalue weighted by atomic mass is 35.5. The molecule has 0 saturated heterocycles. The van der Waals surface area contributed by atoms with Gasteiger partial charge in [-0.25, -0.2) is 0 Å². The minimum absolute atomic E-state index is 0.0526. The molecule has 1 aromatic heterocycles. The number of halogens is 1. The van der Waals surface area contributed by atoms with Crippen molar-refractivity contribution in [3.63, 3.8) is 0 Å². The van der Waals surface area contributed by atoms with Crippen LogP contribution in [0.4, 0.5) is 0 Å². The highest BCUT2D eigenvalue weighted by Crippen LogP contribution is 2.35. The summed E-state index contributed by atoms with van der Waals surface area (Å²) in [5.74, 6) is 0.180. The van der Waals surface area contributed by atoms with E-state index in [0.29, 0.717) is 5.92 Å². The fourth-order valence-electron chi connectivity index (χ4n) is 3.23. The molecule has 0 fully saturated rings. The third-order valence-electron chi connectivity index (χ3n) is 4.47. The standard InChI is InChI=1S/C16H18ClNO2/c1-9(16(19)20-2)10-3-5-12-13-8-11(17)4-6-14(13)18-15(12)7-10/h4,6,8-10,18H,3,5,7H2,1-2H3. The lowest BCUT2D eigenvalue weighted by molar-refractivity contribution is -0.146. The molecule has 2 aromatic rings. The Labute approximate surface area is 123 Å². The number of fused-ring (bicyclic) bond motifs is 3. The molecule has 1 aliphatic rings. The van der Waals surface area contributed by atoms with E-state index in [1.165, 1.54) is 23.8 Å². The monoisotopic (exact) mass is 291 g/mol. The van der Waals surface area contributed by atoms with Gasteiger partial charge in [-0.15, -0.1) is 0 Å². The molecular weight excluding hydrogens is 274 g/mol. The van der Waals surface area contributed by atoms with E-state index in [0.717, 1.165) is 29.8 Å². The normalized spacial score (nSPS) is 19.6. The molecule has 3 rings (SSSR count). The summed E-state index contributed by atoms with van der Waals surface area (Å²) in [6.07, 6.45) is 2.91. The Morgan fingerprint density at radius 1 is 1.50 bits per heavy atom. The molecule has 20 heavy (non-hydrogen) atoms. The van der Waals surface area contributed by atoms with Crippen LogP contribution < -0.4 is 0 Å². The van der Waals surface area contributed by atoms with Gasteiger partial charge in [0.15, 0.2) is 0 Å². The van der Waals surface area contributed by atoms with E-state index < -0.39 is 0 Å². The van der Waals surface area contributed by atoms with Gasteiger partial charge in [0.05, 0.1) is 13.0 Å². The van der Waals surface area contributed by atoms with Crippen molar-refractivity contribution in [1.82, 2.24) is 4.98 Å². The van der Waals surface area contributed by atoms with Crippen LogP contribution in [0.5, 0.6) is 0 Å². The van der Waals surface area contributed by atoms with Crippen molar-refractivity contribution in [2.45, 2.75) is 26.2 Å². The van der Waals surface area contributed by atoms with Crippen LogP contribution in [-0.2, 0) is 22.4 Å². The Kier molecular flexibility index (Phi) is 3.47. The maximum Gasteiger partial charge on any atom is 0.308 e. The number of hydrogen-bond acceptors (Lipinski definition) is 2. The Bertz CT molecular complexity index is 662. The van der Waals surface area contributed by atoms with E-state index in [1.54, 1.807) is 0 Å². The third kappa shape index (κ3) is 2.20. The SMILES string of the molecule is COC(=O)C(C)C1CCc2c([nH]c3ccc(Cl)cc23)C1. The summed E-state index contributed by atoms with van der Waals surface area (Å²) in [6.45, 7) is 1.96. The van der Waals surface area contributed by atoms with Crippen molar-refractivity contribution in [3.05, 3.63) is 34.5 Å². The quantitative estimate of drug-likeness (QED) is 0.857. The van der Waals surface area contributed by atoms with Gasteiger partial charge in [-0.1, -0.05) is 18.5 Å². The van der Waals surface area contributed by atoms with Gasteiger partial charge in [0.2, 0.25) is 0 Å². The molecule has 1 heterocycles. The van der Waals surface area contributed by atoms with Gasteiger partial charge in [0.1, 0.15) is 0 Å². The van der Waals surface area contributed by atoms with Crippen LogP contribution in [0.25, 0.3) is 10.9 Å². The van der Waals surface area contributed by atoms with E-state index in [9.17, 15) is 4.79 Å². The molecule has 0 bridgehead atoms. The molecule has 2 unspecified atom stereocenters. The Hall–Kier alpha value is -1.48. The molecule has 0 amide bonds. The van der Waals surface area contributed by atoms with Crippen molar-refractivity contribution in [2.75, 3.05) is 7.11 Å². The number of nitrogens with one attached hydrogen (secondary N) is 1. The maximum atomic E-state index is 11.7. The lowest BCUT2D eigenvalue weighted by atomic mass is 9.79. The predicted octanol–water partition coefficient (Wildman–Crippen LogP) is 3.74. The number of aryl methyl sites for hydroxylation is 1. The summed E-state index contributed by atoms with van der Waals surface area (Å²) >= 11 is 6.08. The number of carbonyl (C=O) groups is 1. The van der Waals surface area contributed by atoms with Gasteiger partial charge in [-0.2, -0.15) is 0 Å². The van der Waals surface area contributed by atoms with Gasteiger partial charge in [-0.05, 0) is 48.9 Å². The van der Waals surface area contributed by atoms with Crippen molar-refractivity contribution >= 4 is 28.5 Å². The molecule has 1 N–H and O–H groups in total. The molecule has 3 nitrogen and oxygen atoms in total. The molecule has 0 saturated carbocycles. The number of carbonyl (C=O) groups excluding carboxylic acids is 1. The molecule has 2 atom stereocenters. The zero-order chi connectivity index (χ0) is 14.3. The molecule has 0 spiro atoms. The number of aromatic amines is 1. The maximum absolute atomic E-state index is 11.7. The van der Waals surface area contributed by atoms with Gasteiger partial charge < -0.3 is 9.72 Å². The van der Waals surface area contributed by atoms with E-state index in [2.05, 4.69) is 4.98 Å². The molecule has 106 valence electrons. The van der Waals surface area contributed by atoms with E-state index in [4.69, 9.17) is 16.3 Å². The second-order valence-corrected chi connectivity index (χ2v) is 6.02. The molecule has 1 aromatic carbocycles. The smallest absolute Gasteiger partial charge is 0.308 e. The first-order valence-electron chi connectivity index (χ1n) is 6.97. The van der Waals surface area contributed by atoms with Crippen LogP contribution in [0, 0.1) is 11.8 Å². The number of ether oxygens (including phenoxy) is 1. The van der Waals surface area contributed by atoms with Crippen LogP contribution in [-0.4, -0.2) is 18.1 Å². The topological polar surface area (TPSA) is 42.1 Å². The highest BCUT2D eigenvalue weighted by molar-refractivity contribution is 6.31. The lowest BCUT2D eigenvalue weighted by Crippen LogP contribution is -2.27. The minimum Gasteiger partial charge on any atom is -0.469 e. The van der Waals surface area contributed by atoms with Crippen LogP contribution >= 0.6 is 11.6 Å². The summed E-state index contributed by atoms with van der Waals surface area (Å²) in [4.78, 5) is 15.2. The Morgan fingerprint density at radius 2 is 2.30 bits per heavy atom. The van der Waals surface area contributed by atoms with Crippen molar-refractivity contribution in [3.8, 4) is 0 Å². The molecule has 4 heteroatoms. The van der Waals surface area contributed by atoms with Gasteiger partial charge >= 0.3 is 5.97 Å². The summed E-state index contributed by atoms with van der Waals surface area (Å²) in [5, 5.41) is 1.99. The second-order valence-electron chi connectivity index (χ2n) is 5.59. The Balaban J connectivity index is 1.92. The molecule has 0 aliphatic heterocycles. The molecular formula is C16H18ClNO2. The molecule has 0 radical (unpaired) electrons. The summed E-state index contributed by atoms with van der Waals surface area (Å²) in [7, 11) is 1.46. The number of rotatable bonds is 2. The first kappa shape index (κ1) is 13.5. The number of benzene rings is 1. The lowest BCUT2D eigenvalue weighted by Gasteiger charge is -2.26. The number of H-pyrrole nitrogens is 1. The predicted molar refractivity (Wildman–Crippen MR) is 80.0 cm³/mol. The number of esters is 1. The number of methoxy groups -OCH3 is 1. The van der Waals surface area contributed by atoms with Gasteiger partial charge in [0.25, 0.3) is 0 Å². The number of hydrogen-bond donors (Lipinski definition) is 1. The zero-order valence-electron chi connectivity index (χ0n) is 11.7. The van der Waals surface area contributed by atoms with Crippen molar-refractivity contribution < 1.29 is 9.53 Å². The Morgan fingerprint density at radius 3 is 3.05 bits per heavy atom. The van der Waals surface area contributed by atoms with Gasteiger partial charge in [-0.3, -0.25) is 4.79 Å². The van der Waals surface area contributed by atoms with Crippen LogP contribution in [0.2, 0.25) is 5.02 Å².